The predicted molar refractivity (Wildman–Crippen MR) is 86.3 cm³/mol. The normalized spacial score (nSPS) is 17.1. The molecule has 1 amide bonds. The molecule has 2 aromatic heterocycles. The Bertz CT molecular complexity index is 571. The highest BCUT2D eigenvalue weighted by Gasteiger charge is 2.23. The molecule has 5 nitrogen and oxygen atoms in total. The van der Waals surface area contributed by atoms with Gasteiger partial charge < -0.3 is 9.64 Å². The zero-order chi connectivity index (χ0) is 15.9. The van der Waals surface area contributed by atoms with Crippen LogP contribution in [-0.2, 0) is 22.6 Å². The Morgan fingerprint density at radius 1 is 1.13 bits per heavy atom. The van der Waals surface area contributed by atoms with Gasteiger partial charge in [-0.2, -0.15) is 0 Å². The minimum atomic E-state index is 0.0661. The largest absolute Gasteiger partial charge is 0.378 e. The van der Waals surface area contributed by atoms with Gasteiger partial charge in [0.1, 0.15) is 0 Å². The molecule has 5 heteroatoms. The van der Waals surface area contributed by atoms with Crippen molar-refractivity contribution in [2.75, 3.05) is 6.61 Å². The van der Waals surface area contributed by atoms with E-state index in [1.165, 1.54) is 0 Å². The number of amides is 1. The summed E-state index contributed by atoms with van der Waals surface area (Å²) in [5.41, 5.74) is 2.10. The minimum absolute atomic E-state index is 0.0661. The molecule has 0 radical (unpaired) electrons. The van der Waals surface area contributed by atoms with Crippen LogP contribution in [0.15, 0.2) is 49.1 Å². The highest BCUT2D eigenvalue weighted by molar-refractivity contribution is 5.76. The molecule has 0 aromatic carbocycles. The molecule has 0 aliphatic carbocycles. The highest BCUT2D eigenvalue weighted by atomic mass is 16.5. The summed E-state index contributed by atoms with van der Waals surface area (Å²) in [7, 11) is 0. The molecule has 0 spiro atoms. The molecule has 23 heavy (non-hydrogen) atoms. The van der Waals surface area contributed by atoms with E-state index in [2.05, 4.69) is 9.97 Å². The molecule has 1 saturated heterocycles. The Morgan fingerprint density at radius 3 is 2.65 bits per heavy atom. The van der Waals surface area contributed by atoms with E-state index < -0.39 is 0 Å². The molecule has 3 rings (SSSR count). The molecular weight excluding hydrogens is 290 g/mol. The number of pyridine rings is 2. The van der Waals surface area contributed by atoms with Gasteiger partial charge in [-0.05, 0) is 42.2 Å². The lowest BCUT2D eigenvalue weighted by Gasteiger charge is -2.24. The molecule has 120 valence electrons. The molecular formula is C18H21N3O2. The predicted octanol–water partition coefficient (Wildman–Crippen LogP) is 2.57. The summed E-state index contributed by atoms with van der Waals surface area (Å²) < 4.78 is 5.60. The van der Waals surface area contributed by atoms with Crippen LogP contribution >= 0.6 is 0 Å². The van der Waals surface area contributed by atoms with Gasteiger partial charge in [0, 0.05) is 44.5 Å². The monoisotopic (exact) mass is 311 g/mol. The van der Waals surface area contributed by atoms with Crippen molar-refractivity contribution in [3.05, 3.63) is 60.2 Å². The van der Waals surface area contributed by atoms with Crippen LogP contribution < -0.4 is 0 Å². The van der Waals surface area contributed by atoms with Crippen LogP contribution in [0.2, 0.25) is 0 Å². The van der Waals surface area contributed by atoms with E-state index in [-0.39, 0.29) is 12.0 Å². The lowest BCUT2D eigenvalue weighted by Crippen LogP contribution is -2.32. The maximum atomic E-state index is 12.7. The first-order chi connectivity index (χ1) is 11.3. The summed E-state index contributed by atoms with van der Waals surface area (Å²) >= 11 is 0. The van der Waals surface area contributed by atoms with Crippen LogP contribution in [0.25, 0.3) is 0 Å². The zero-order valence-corrected chi connectivity index (χ0v) is 13.1. The van der Waals surface area contributed by atoms with E-state index in [0.717, 1.165) is 30.6 Å². The molecule has 1 aliphatic heterocycles. The van der Waals surface area contributed by atoms with Crippen LogP contribution in [-0.4, -0.2) is 33.5 Å². The molecule has 1 aliphatic rings. The summed E-state index contributed by atoms with van der Waals surface area (Å²) in [6, 6.07) is 7.77. The van der Waals surface area contributed by atoms with Crippen molar-refractivity contribution in [3.63, 3.8) is 0 Å². The SMILES string of the molecule is O=C(CC1CCCO1)N(Cc1ccncc1)Cc1cccnc1. The number of nitrogens with zero attached hydrogens (tertiary/aromatic N) is 3. The van der Waals surface area contributed by atoms with E-state index in [1.54, 1.807) is 24.8 Å². The topological polar surface area (TPSA) is 55.3 Å². The van der Waals surface area contributed by atoms with Gasteiger partial charge in [0.25, 0.3) is 0 Å². The first-order valence-corrected chi connectivity index (χ1v) is 7.98. The Morgan fingerprint density at radius 2 is 1.96 bits per heavy atom. The Hall–Kier alpha value is -2.27. The molecule has 0 bridgehead atoms. The van der Waals surface area contributed by atoms with Crippen molar-refractivity contribution in [3.8, 4) is 0 Å². The molecule has 0 N–H and O–H groups in total. The second kappa shape index (κ2) is 7.83. The van der Waals surface area contributed by atoms with Crippen LogP contribution in [0.5, 0.6) is 0 Å². The lowest BCUT2D eigenvalue weighted by atomic mass is 10.1. The third-order valence-corrected chi connectivity index (χ3v) is 4.00. The summed E-state index contributed by atoms with van der Waals surface area (Å²) in [6.07, 6.45) is 9.59. The summed E-state index contributed by atoms with van der Waals surface area (Å²) in [5.74, 6) is 0.123. The van der Waals surface area contributed by atoms with Gasteiger partial charge in [-0.15, -0.1) is 0 Å². The average Bonchev–Trinajstić information content (AvgIpc) is 3.09. The minimum Gasteiger partial charge on any atom is -0.378 e. The zero-order valence-electron chi connectivity index (χ0n) is 13.1. The maximum absolute atomic E-state index is 12.7. The summed E-state index contributed by atoms with van der Waals surface area (Å²) in [4.78, 5) is 22.8. The Balaban J connectivity index is 1.70. The number of carbonyl (C=O) groups is 1. The van der Waals surface area contributed by atoms with Gasteiger partial charge in [-0.1, -0.05) is 6.07 Å². The lowest BCUT2D eigenvalue weighted by molar-refractivity contribution is -0.134. The molecule has 1 atom stereocenters. The fourth-order valence-electron chi connectivity index (χ4n) is 2.78. The van der Waals surface area contributed by atoms with E-state index in [4.69, 9.17) is 4.74 Å². The van der Waals surface area contributed by atoms with Crippen molar-refractivity contribution < 1.29 is 9.53 Å². The Kier molecular flexibility index (Phi) is 5.32. The van der Waals surface area contributed by atoms with Crippen LogP contribution in [0.1, 0.15) is 30.4 Å². The van der Waals surface area contributed by atoms with E-state index in [1.807, 2.05) is 29.2 Å². The van der Waals surface area contributed by atoms with E-state index >= 15 is 0 Å². The molecule has 3 heterocycles. The van der Waals surface area contributed by atoms with Crippen LogP contribution in [0.3, 0.4) is 0 Å². The van der Waals surface area contributed by atoms with Gasteiger partial charge in [0.05, 0.1) is 12.5 Å². The number of ether oxygens (including phenoxy) is 1. The second-order valence-corrected chi connectivity index (χ2v) is 5.81. The van der Waals surface area contributed by atoms with Crippen molar-refractivity contribution in [2.45, 2.75) is 38.5 Å². The smallest absolute Gasteiger partial charge is 0.225 e. The first-order valence-electron chi connectivity index (χ1n) is 7.98. The van der Waals surface area contributed by atoms with Gasteiger partial charge >= 0.3 is 0 Å². The molecule has 1 fully saturated rings. The van der Waals surface area contributed by atoms with Crippen LogP contribution in [0, 0.1) is 0 Å². The van der Waals surface area contributed by atoms with E-state index in [9.17, 15) is 4.79 Å². The number of rotatable bonds is 6. The van der Waals surface area contributed by atoms with Crippen LogP contribution in [0.4, 0.5) is 0 Å². The number of hydrogen-bond donors (Lipinski definition) is 0. The number of hydrogen-bond acceptors (Lipinski definition) is 4. The van der Waals surface area contributed by atoms with Crippen molar-refractivity contribution >= 4 is 5.91 Å². The molecule has 2 aromatic rings. The summed E-state index contributed by atoms with van der Waals surface area (Å²) in [5, 5.41) is 0. The average molecular weight is 311 g/mol. The van der Waals surface area contributed by atoms with Gasteiger partial charge in [-0.3, -0.25) is 14.8 Å². The summed E-state index contributed by atoms with van der Waals surface area (Å²) in [6.45, 7) is 1.90. The Labute approximate surface area is 136 Å². The first kappa shape index (κ1) is 15.6. The molecule has 1 unspecified atom stereocenters. The molecule has 0 saturated carbocycles. The number of aromatic nitrogens is 2. The fourth-order valence-corrected chi connectivity index (χ4v) is 2.78. The van der Waals surface area contributed by atoms with Crippen molar-refractivity contribution in [1.82, 2.24) is 14.9 Å². The van der Waals surface area contributed by atoms with E-state index in [0.29, 0.717) is 19.5 Å². The highest BCUT2D eigenvalue weighted by Crippen LogP contribution is 2.18. The number of carbonyl (C=O) groups excluding carboxylic acids is 1. The second-order valence-electron chi connectivity index (χ2n) is 5.81. The third-order valence-electron chi connectivity index (χ3n) is 4.00. The van der Waals surface area contributed by atoms with Crippen molar-refractivity contribution in [1.29, 1.82) is 0 Å². The van der Waals surface area contributed by atoms with Gasteiger partial charge in [-0.25, -0.2) is 0 Å². The van der Waals surface area contributed by atoms with Crippen molar-refractivity contribution in [2.24, 2.45) is 0 Å². The third kappa shape index (κ3) is 4.60. The quantitative estimate of drug-likeness (QED) is 0.823. The van der Waals surface area contributed by atoms with Gasteiger partial charge in [0.15, 0.2) is 0 Å². The van der Waals surface area contributed by atoms with Gasteiger partial charge in [0.2, 0.25) is 5.91 Å². The fraction of sp³-hybridized carbons (Fsp3) is 0.389. The maximum Gasteiger partial charge on any atom is 0.225 e. The standard InChI is InChI=1S/C18H21N3O2/c22-18(11-17-4-2-10-23-17)21(13-15-5-8-19-9-6-15)14-16-3-1-7-20-12-16/h1,3,5-9,12,17H,2,4,10-11,13-14H2.